The van der Waals surface area contributed by atoms with E-state index in [0.29, 0.717) is 0 Å². The number of carboxylic acid groups (broad SMARTS) is 1. The molecule has 5 nitrogen and oxygen atoms in total. The van der Waals surface area contributed by atoms with E-state index in [1.807, 2.05) is 6.92 Å². The Labute approximate surface area is 112 Å². The maximum atomic E-state index is 12.4. The number of rotatable bonds is 5. The second kappa shape index (κ2) is 4.61. The van der Waals surface area contributed by atoms with E-state index in [1.54, 1.807) is 12.1 Å². The van der Waals surface area contributed by atoms with Gasteiger partial charge in [0.2, 0.25) is 0 Å². The molecule has 0 spiro atoms. The highest BCUT2D eigenvalue weighted by Gasteiger charge is 2.67. The monoisotopic (exact) mass is 284 g/mol. The highest BCUT2D eigenvalue weighted by Crippen LogP contribution is 2.53. The number of hydrogen-bond acceptors (Lipinski definition) is 4. The van der Waals surface area contributed by atoms with Crippen LogP contribution in [-0.2, 0) is 19.4 Å². The van der Waals surface area contributed by atoms with Crippen LogP contribution in [0.1, 0.15) is 12.0 Å². The second-order valence-corrected chi connectivity index (χ2v) is 7.08. The average molecular weight is 284 g/mol. The van der Waals surface area contributed by atoms with Gasteiger partial charge in [0.25, 0.3) is 0 Å². The van der Waals surface area contributed by atoms with E-state index in [0.717, 1.165) is 5.56 Å². The van der Waals surface area contributed by atoms with Crippen LogP contribution in [0.15, 0.2) is 29.2 Å². The molecule has 6 heteroatoms. The van der Waals surface area contributed by atoms with Crippen molar-refractivity contribution in [2.24, 2.45) is 5.41 Å². The minimum atomic E-state index is -3.62. The first-order valence-corrected chi connectivity index (χ1v) is 7.42. The van der Waals surface area contributed by atoms with E-state index in [-0.39, 0.29) is 17.9 Å². The smallest absolute Gasteiger partial charge is 0.313 e. The molecule has 1 saturated carbocycles. The fourth-order valence-electron chi connectivity index (χ4n) is 2.27. The lowest BCUT2D eigenvalue weighted by Crippen LogP contribution is -2.28. The molecule has 0 bridgehead atoms. The van der Waals surface area contributed by atoms with E-state index in [4.69, 9.17) is 4.74 Å². The first kappa shape index (κ1) is 14.0. The van der Waals surface area contributed by atoms with E-state index in [1.165, 1.54) is 19.2 Å². The average Bonchev–Trinajstić information content (AvgIpc) is 3.07. The van der Waals surface area contributed by atoms with Crippen LogP contribution in [0.4, 0.5) is 0 Å². The zero-order valence-electron chi connectivity index (χ0n) is 10.8. The Hall–Kier alpha value is -1.40. The number of carboxylic acids is 1. The normalized spacial score (nSPS) is 26.1. The van der Waals surface area contributed by atoms with Crippen LogP contribution in [0.25, 0.3) is 0 Å². The Morgan fingerprint density at radius 1 is 1.42 bits per heavy atom. The van der Waals surface area contributed by atoms with Gasteiger partial charge in [-0.2, -0.15) is 0 Å². The molecule has 1 aliphatic carbocycles. The third-order valence-corrected chi connectivity index (χ3v) is 5.85. The maximum Gasteiger partial charge on any atom is 0.313 e. The molecule has 1 fully saturated rings. The van der Waals surface area contributed by atoms with Crippen LogP contribution in [0.2, 0.25) is 0 Å². The van der Waals surface area contributed by atoms with Crippen molar-refractivity contribution in [3.63, 3.8) is 0 Å². The molecule has 0 aliphatic heterocycles. The van der Waals surface area contributed by atoms with Crippen molar-refractivity contribution in [3.05, 3.63) is 29.8 Å². The standard InChI is InChI=1S/C13H16O5S/c1-9-3-5-10(6-4-9)19(16,17)11-7-13(11,8-18-2)12(14)15/h3-6,11H,7-8H2,1-2H3,(H,14,15)/t11-,13+/m1/s1. The molecule has 104 valence electrons. The molecule has 2 atom stereocenters. The van der Waals surface area contributed by atoms with Gasteiger partial charge < -0.3 is 9.84 Å². The third-order valence-electron chi connectivity index (χ3n) is 3.56. The molecular weight excluding hydrogens is 268 g/mol. The summed E-state index contributed by atoms with van der Waals surface area (Å²) in [4.78, 5) is 11.4. The molecule has 0 radical (unpaired) electrons. The third kappa shape index (κ3) is 2.26. The molecule has 1 aromatic rings. The number of carbonyl (C=O) groups is 1. The number of aryl methyl sites for hydroxylation is 1. The highest BCUT2D eigenvalue weighted by atomic mass is 32.2. The first-order valence-electron chi connectivity index (χ1n) is 5.87. The molecule has 19 heavy (non-hydrogen) atoms. The number of sulfone groups is 1. The van der Waals surface area contributed by atoms with E-state index >= 15 is 0 Å². The Kier molecular flexibility index (Phi) is 3.40. The van der Waals surface area contributed by atoms with Gasteiger partial charge in [0.1, 0.15) is 5.41 Å². The Morgan fingerprint density at radius 3 is 2.47 bits per heavy atom. The van der Waals surface area contributed by atoms with Crippen molar-refractivity contribution in [3.8, 4) is 0 Å². The summed E-state index contributed by atoms with van der Waals surface area (Å²) in [5, 5.41) is 8.31. The SMILES string of the molecule is COC[C@@]1(C(=O)O)C[C@H]1S(=O)(=O)c1ccc(C)cc1. The molecule has 0 aromatic heterocycles. The Bertz CT molecular complexity index is 590. The van der Waals surface area contributed by atoms with Crippen LogP contribution >= 0.6 is 0 Å². The number of hydrogen-bond donors (Lipinski definition) is 1. The number of aliphatic carboxylic acids is 1. The van der Waals surface area contributed by atoms with Gasteiger partial charge in [0, 0.05) is 7.11 Å². The van der Waals surface area contributed by atoms with Gasteiger partial charge in [-0.1, -0.05) is 17.7 Å². The summed E-state index contributed by atoms with van der Waals surface area (Å²) in [6.45, 7) is 1.78. The fraction of sp³-hybridized carbons (Fsp3) is 0.462. The molecule has 0 unspecified atom stereocenters. The molecule has 1 aliphatic rings. The number of methoxy groups -OCH3 is 1. The summed E-state index contributed by atoms with van der Waals surface area (Å²) in [7, 11) is -2.24. The number of benzene rings is 1. The second-order valence-electron chi connectivity index (χ2n) is 4.95. The van der Waals surface area contributed by atoms with Gasteiger partial charge in [-0.25, -0.2) is 8.42 Å². The lowest BCUT2D eigenvalue weighted by molar-refractivity contribution is -0.145. The summed E-state index contributed by atoms with van der Waals surface area (Å²) in [5.74, 6) is -1.12. The van der Waals surface area contributed by atoms with Gasteiger partial charge in [0.15, 0.2) is 9.84 Å². The maximum absolute atomic E-state index is 12.4. The summed E-state index contributed by atoms with van der Waals surface area (Å²) in [6.07, 6.45) is 0.104. The van der Waals surface area contributed by atoms with Crippen molar-refractivity contribution < 1.29 is 23.1 Å². The largest absolute Gasteiger partial charge is 0.481 e. The number of ether oxygens (including phenoxy) is 1. The lowest BCUT2D eigenvalue weighted by Gasteiger charge is -2.11. The summed E-state index contributed by atoms with van der Waals surface area (Å²) < 4.78 is 29.6. The fourth-order valence-corrected chi connectivity index (χ4v) is 4.39. The Morgan fingerprint density at radius 2 is 2.00 bits per heavy atom. The van der Waals surface area contributed by atoms with Gasteiger partial charge >= 0.3 is 5.97 Å². The Balaban J connectivity index is 2.33. The molecule has 0 saturated heterocycles. The van der Waals surface area contributed by atoms with Crippen LogP contribution in [0.5, 0.6) is 0 Å². The van der Waals surface area contributed by atoms with Crippen molar-refractivity contribution in [2.45, 2.75) is 23.5 Å². The van der Waals surface area contributed by atoms with Crippen LogP contribution in [0, 0.1) is 12.3 Å². The summed E-state index contributed by atoms with van der Waals surface area (Å²) in [5.41, 5.74) is -0.338. The highest BCUT2D eigenvalue weighted by molar-refractivity contribution is 7.92. The van der Waals surface area contributed by atoms with Crippen LogP contribution < -0.4 is 0 Å². The van der Waals surface area contributed by atoms with Gasteiger partial charge in [-0.15, -0.1) is 0 Å². The van der Waals surface area contributed by atoms with E-state index < -0.39 is 26.5 Å². The van der Waals surface area contributed by atoms with Crippen molar-refractivity contribution >= 4 is 15.8 Å². The molecule has 1 aromatic carbocycles. The van der Waals surface area contributed by atoms with Gasteiger partial charge in [0.05, 0.1) is 16.8 Å². The van der Waals surface area contributed by atoms with Crippen molar-refractivity contribution in [2.75, 3.05) is 13.7 Å². The minimum absolute atomic E-state index is 0.0852. The topological polar surface area (TPSA) is 80.7 Å². The molecule has 2 rings (SSSR count). The van der Waals surface area contributed by atoms with Crippen LogP contribution in [0.3, 0.4) is 0 Å². The molecule has 1 N–H and O–H groups in total. The minimum Gasteiger partial charge on any atom is -0.481 e. The predicted molar refractivity (Wildman–Crippen MR) is 68.7 cm³/mol. The quantitative estimate of drug-likeness (QED) is 0.880. The first-order chi connectivity index (χ1) is 8.84. The molecular formula is C13H16O5S. The summed E-state index contributed by atoms with van der Waals surface area (Å²) >= 11 is 0. The summed E-state index contributed by atoms with van der Waals surface area (Å²) in [6, 6.07) is 6.44. The lowest BCUT2D eigenvalue weighted by atomic mass is 10.1. The zero-order chi connectivity index (χ0) is 14.3. The molecule has 0 heterocycles. The molecule has 0 amide bonds. The zero-order valence-corrected chi connectivity index (χ0v) is 11.6. The van der Waals surface area contributed by atoms with Gasteiger partial charge in [-0.05, 0) is 25.5 Å². The van der Waals surface area contributed by atoms with Crippen molar-refractivity contribution in [1.82, 2.24) is 0 Å². The van der Waals surface area contributed by atoms with E-state index in [2.05, 4.69) is 0 Å². The predicted octanol–water partition coefficient (Wildman–Crippen LogP) is 1.26. The van der Waals surface area contributed by atoms with E-state index in [9.17, 15) is 18.3 Å². The van der Waals surface area contributed by atoms with Crippen LogP contribution in [-0.4, -0.2) is 38.5 Å². The van der Waals surface area contributed by atoms with Crippen molar-refractivity contribution in [1.29, 1.82) is 0 Å². The van der Waals surface area contributed by atoms with Gasteiger partial charge in [-0.3, -0.25) is 4.79 Å².